The van der Waals surface area contributed by atoms with E-state index in [1.165, 1.54) is 26.0 Å². The molecule has 0 spiro atoms. The van der Waals surface area contributed by atoms with Crippen LogP contribution in [0.3, 0.4) is 0 Å². The summed E-state index contributed by atoms with van der Waals surface area (Å²) < 4.78 is 24.0. The van der Waals surface area contributed by atoms with Gasteiger partial charge in [0.2, 0.25) is 5.05 Å². The standard InChI is InChI=1S/C47H35N3O7S2/c1-29(34-15-5-10-20-39(34)57-47(58)37-18-8-13-23-42(37)55-31(3)52)48-44(50(4)33-27-25-32(26-28-33)45-49-38-19-9-14-24-43(38)59-45)35-16-6-11-21-40(35)56-46(53)36-17-7-12-22-41(36)54-30(2)51/h5-28H,1H2,2-4H3/b48-44-. The van der Waals surface area contributed by atoms with Crippen LogP contribution < -0.4 is 23.8 Å². The number of rotatable bonds is 11. The maximum Gasteiger partial charge on any atom is 0.347 e. The van der Waals surface area contributed by atoms with Crippen molar-refractivity contribution in [3.63, 3.8) is 0 Å². The Labute approximate surface area is 349 Å². The Bertz CT molecular complexity index is 2740. The molecule has 12 heteroatoms. The topological polar surface area (TPSA) is 117 Å². The average Bonchev–Trinajstić information content (AvgIpc) is 3.68. The number of aromatic nitrogens is 1. The summed E-state index contributed by atoms with van der Waals surface area (Å²) in [4.78, 5) is 49.1. The normalized spacial score (nSPS) is 11.1. The van der Waals surface area contributed by atoms with Gasteiger partial charge in [-0.3, -0.25) is 9.59 Å². The number of carbonyl (C=O) groups excluding carboxylic acids is 3. The molecule has 7 rings (SSSR count). The van der Waals surface area contributed by atoms with E-state index >= 15 is 0 Å². The fraction of sp³-hybridized carbons (Fsp3) is 0.0638. The molecule has 0 amide bonds. The Balaban J connectivity index is 1.27. The second-order valence-corrected chi connectivity index (χ2v) is 14.3. The van der Waals surface area contributed by atoms with Crippen molar-refractivity contribution in [1.29, 1.82) is 0 Å². The minimum absolute atomic E-state index is 0.0662. The molecular weight excluding hydrogens is 783 g/mol. The molecule has 6 aromatic carbocycles. The number of para-hydroxylation sites is 5. The van der Waals surface area contributed by atoms with E-state index in [-0.39, 0.29) is 27.9 Å². The number of hydrogen-bond acceptors (Lipinski definition) is 11. The van der Waals surface area contributed by atoms with Crippen molar-refractivity contribution >= 4 is 73.9 Å². The number of hydrogen-bond donors (Lipinski definition) is 0. The quantitative estimate of drug-likeness (QED) is 0.0411. The zero-order valence-corrected chi connectivity index (χ0v) is 33.7. The monoisotopic (exact) mass is 817 g/mol. The van der Waals surface area contributed by atoms with Crippen molar-refractivity contribution in [2.45, 2.75) is 13.8 Å². The largest absolute Gasteiger partial charge is 0.444 e. The highest BCUT2D eigenvalue weighted by molar-refractivity contribution is 7.80. The van der Waals surface area contributed by atoms with Crippen LogP contribution >= 0.6 is 23.6 Å². The molecule has 0 aliphatic heterocycles. The molecule has 10 nitrogen and oxygen atoms in total. The third-order valence-electron chi connectivity index (χ3n) is 8.81. The molecule has 0 N–H and O–H groups in total. The third kappa shape index (κ3) is 9.31. The molecule has 0 radical (unpaired) electrons. The van der Waals surface area contributed by atoms with E-state index < -0.39 is 17.9 Å². The molecule has 0 unspecified atom stereocenters. The molecule has 0 fully saturated rings. The Morgan fingerprint density at radius 2 is 1.10 bits per heavy atom. The highest BCUT2D eigenvalue weighted by atomic mass is 32.1. The summed E-state index contributed by atoms with van der Waals surface area (Å²) in [6.45, 7) is 6.91. The lowest BCUT2D eigenvalue weighted by Crippen LogP contribution is -2.28. The van der Waals surface area contributed by atoms with Crippen LogP contribution in [0.15, 0.2) is 157 Å². The van der Waals surface area contributed by atoms with Crippen LogP contribution in [-0.4, -0.2) is 40.8 Å². The number of esters is 3. The van der Waals surface area contributed by atoms with Gasteiger partial charge in [0, 0.05) is 37.7 Å². The average molecular weight is 818 g/mol. The molecule has 1 aromatic heterocycles. The van der Waals surface area contributed by atoms with Gasteiger partial charge in [-0.25, -0.2) is 14.8 Å². The summed E-state index contributed by atoms with van der Waals surface area (Å²) in [5.41, 5.74) is 4.39. The van der Waals surface area contributed by atoms with Gasteiger partial charge < -0.3 is 23.8 Å². The molecule has 0 aliphatic carbocycles. The fourth-order valence-corrected chi connectivity index (χ4v) is 7.28. The van der Waals surface area contributed by atoms with Crippen molar-refractivity contribution < 1.29 is 33.3 Å². The van der Waals surface area contributed by atoms with Crippen LogP contribution in [0.2, 0.25) is 0 Å². The second kappa shape index (κ2) is 17.9. The van der Waals surface area contributed by atoms with Crippen LogP contribution in [0.25, 0.3) is 26.5 Å². The third-order valence-corrected chi connectivity index (χ3v) is 10.2. The molecule has 7 aromatic rings. The van der Waals surface area contributed by atoms with E-state index in [0.717, 1.165) is 26.5 Å². The lowest BCUT2D eigenvalue weighted by atomic mass is 10.1. The molecule has 0 bridgehead atoms. The first-order valence-corrected chi connectivity index (χ1v) is 19.4. The number of benzene rings is 6. The zero-order valence-electron chi connectivity index (χ0n) is 32.1. The van der Waals surface area contributed by atoms with Gasteiger partial charge in [0.05, 0.1) is 27.0 Å². The Kier molecular flexibility index (Phi) is 12.1. The van der Waals surface area contributed by atoms with Crippen LogP contribution in [0.4, 0.5) is 5.69 Å². The van der Waals surface area contributed by atoms with Gasteiger partial charge in [-0.05, 0) is 97.1 Å². The molecule has 0 saturated carbocycles. The summed E-state index contributed by atoms with van der Waals surface area (Å²) in [6.07, 6.45) is 0. The van der Waals surface area contributed by atoms with Crippen LogP contribution in [0.5, 0.6) is 23.0 Å². The highest BCUT2D eigenvalue weighted by Crippen LogP contribution is 2.34. The lowest BCUT2D eigenvalue weighted by molar-refractivity contribution is -0.132. The molecule has 292 valence electrons. The number of anilines is 1. The summed E-state index contributed by atoms with van der Waals surface area (Å²) in [7, 11) is 1.84. The number of thiazole rings is 1. The Hall–Kier alpha value is -7.28. The summed E-state index contributed by atoms with van der Waals surface area (Å²) in [6, 6.07) is 43.2. The lowest BCUT2D eigenvalue weighted by Gasteiger charge is -2.24. The minimum atomic E-state index is -0.739. The summed E-state index contributed by atoms with van der Waals surface area (Å²) in [5, 5.41) is 0.960. The summed E-state index contributed by atoms with van der Waals surface area (Å²) >= 11 is 7.30. The molecular formula is C47H35N3O7S2. The maximum atomic E-state index is 13.7. The Morgan fingerprint density at radius 3 is 1.71 bits per heavy atom. The molecule has 0 saturated heterocycles. The zero-order chi connectivity index (χ0) is 41.5. The van der Waals surface area contributed by atoms with Gasteiger partial charge in [-0.15, -0.1) is 11.3 Å². The fourth-order valence-electron chi connectivity index (χ4n) is 6.05. The predicted molar refractivity (Wildman–Crippen MR) is 235 cm³/mol. The molecule has 0 atom stereocenters. The number of carbonyl (C=O) groups is 3. The second-order valence-electron chi connectivity index (χ2n) is 12.9. The van der Waals surface area contributed by atoms with Crippen molar-refractivity contribution in [2.24, 2.45) is 4.99 Å². The first-order valence-electron chi connectivity index (χ1n) is 18.2. The van der Waals surface area contributed by atoms with Gasteiger partial charge in [0.25, 0.3) is 0 Å². The van der Waals surface area contributed by atoms with Crippen molar-refractivity contribution in [3.8, 4) is 33.6 Å². The van der Waals surface area contributed by atoms with Gasteiger partial charge in [-0.2, -0.15) is 0 Å². The van der Waals surface area contributed by atoms with Gasteiger partial charge in [-0.1, -0.05) is 67.2 Å². The van der Waals surface area contributed by atoms with Crippen molar-refractivity contribution in [1.82, 2.24) is 4.98 Å². The number of ether oxygens (including phenoxy) is 4. The number of thiocarbonyl (C=S) groups is 1. The number of amidine groups is 1. The smallest absolute Gasteiger partial charge is 0.347 e. The van der Waals surface area contributed by atoms with Crippen LogP contribution in [-0.2, 0) is 9.59 Å². The number of nitrogens with zero attached hydrogens (tertiary/aromatic N) is 3. The van der Waals surface area contributed by atoms with Crippen molar-refractivity contribution in [2.75, 3.05) is 11.9 Å². The molecule has 0 aliphatic rings. The van der Waals surface area contributed by atoms with E-state index in [1.807, 2.05) is 66.5 Å². The van der Waals surface area contributed by atoms with Crippen LogP contribution in [0, 0.1) is 0 Å². The van der Waals surface area contributed by atoms with Gasteiger partial charge in [0.1, 0.15) is 39.4 Å². The van der Waals surface area contributed by atoms with Crippen molar-refractivity contribution in [3.05, 3.63) is 174 Å². The SMILES string of the molecule is C=C(/N=C(/c1ccccc1OC(=O)c1ccccc1OC(C)=O)N(C)c1ccc(-c2nc3ccccc3s2)cc1)c1ccccc1OC(=S)c1ccccc1OC(C)=O. The first-order chi connectivity index (χ1) is 28.5. The molecule has 1 heterocycles. The minimum Gasteiger partial charge on any atom is -0.444 e. The maximum absolute atomic E-state index is 13.7. The van der Waals surface area contributed by atoms with E-state index in [0.29, 0.717) is 34.0 Å². The van der Waals surface area contributed by atoms with E-state index in [1.54, 1.807) is 90.2 Å². The van der Waals surface area contributed by atoms with Gasteiger partial charge >= 0.3 is 17.9 Å². The summed E-state index contributed by atoms with van der Waals surface area (Å²) in [5.74, 6) is -0.563. The number of aliphatic imine (C=N–C) groups is 1. The highest BCUT2D eigenvalue weighted by Gasteiger charge is 2.23. The number of fused-ring (bicyclic) bond motifs is 1. The Morgan fingerprint density at radius 1 is 0.610 bits per heavy atom. The van der Waals surface area contributed by atoms with Crippen LogP contribution in [0.1, 0.15) is 40.9 Å². The molecule has 59 heavy (non-hydrogen) atoms. The predicted octanol–water partition coefficient (Wildman–Crippen LogP) is 10.3. The van der Waals surface area contributed by atoms with E-state index in [9.17, 15) is 14.4 Å². The first kappa shape index (κ1) is 39.9. The van der Waals surface area contributed by atoms with Gasteiger partial charge in [0.15, 0.2) is 0 Å². The van der Waals surface area contributed by atoms with E-state index in [4.69, 9.17) is 41.1 Å². The van der Waals surface area contributed by atoms with E-state index in [2.05, 4.69) is 6.58 Å².